The average Bonchev–Trinajstić information content (AvgIpc) is 2.98. The Bertz CT molecular complexity index is 1440. The molecule has 1 heterocycles. The number of halogens is 5. The fraction of sp³-hybridized carbons (Fsp3) is 0.536. The fourth-order valence-electron chi connectivity index (χ4n) is 4.70. The summed E-state index contributed by atoms with van der Waals surface area (Å²) >= 11 is 0. The average molecular weight is 700 g/mol. The van der Waals surface area contributed by atoms with Crippen molar-refractivity contribution in [3.05, 3.63) is 34.6 Å². The first-order valence-electron chi connectivity index (χ1n) is 13.6. The molecule has 1 amide bonds. The molecule has 6 atom stereocenters. The lowest BCUT2D eigenvalue weighted by molar-refractivity contribution is -0.304. The highest BCUT2D eigenvalue weighted by Crippen LogP contribution is 2.37. The second-order valence-corrected chi connectivity index (χ2v) is 10.1. The van der Waals surface area contributed by atoms with E-state index in [0.717, 1.165) is 41.7 Å². The first kappa shape index (κ1) is 39.3. The van der Waals surface area contributed by atoms with Gasteiger partial charge in [0, 0.05) is 40.2 Å². The summed E-state index contributed by atoms with van der Waals surface area (Å²) in [6, 6.07) is -1.93. The maximum Gasteiger partial charge on any atom is 0.379 e. The minimum absolute atomic E-state index is 0.827. The van der Waals surface area contributed by atoms with Crippen molar-refractivity contribution in [1.29, 1.82) is 0 Å². The molecule has 1 aromatic rings. The second-order valence-electron chi connectivity index (χ2n) is 10.1. The molecule has 0 spiro atoms. The number of rotatable bonds is 12. The molecule has 48 heavy (non-hydrogen) atoms. The number of hydrogen-bond donors (Lipinski definition) is 1. The largest absolute Gasteiger partial charge is 0.464 e. The van der Waals surface area contributed by atoms with Crippen LogP contribution in [0.2, 0.25) is 0 Å². The predicted molar refractivity (Wildman–Crippen MR) is 141 cm³/mol. The Hall–Kier alpha value is -4.88. The molecule has 266 valence electrons. The van der Waals surface area contributed by atoms with Gasteiger partial charge in [-0.3, -0.25) is 28.8 Å². The van der Waals surface area contributed by atoms with E-state index in [1.807, 2.05) is 0 Å². The predicted octanol–water partition coefficient (Wildman–Crippen LogP) is 0.989. The van der Waals surface area contributed by atoms with Crippen LogP contribution >= 0.6 is 0 Å². The first-order chi connectivity index (χ1) is 22.2. The van der Waals surface area contributed by atoms with Gasteiger partial charge >= 0.3 is 41.6 Å². The quantitative estimate of drug-likeness (QED) is 0.107. The minimum atomic E-state index is -2.85. The Morgan fingerprint density at radius 1 is 0.792 bits per heavy atom. The van der Waals surface area contributed by atoms with E-state index in [0.29, 0.717) is 0 Å². The molecule has 0 saturated carbocycles. The Kier molecular flexibility index (Phi) is 13.3. The lowest BCUT2D eigenvalue weighted by Gasteiger charge is -2.48. The maximum atomic E-state index is 14.4. The van der Waals surface area contributed by atoms with Crippen molar-refractivity contribution in [2.75, 3.05) is 13.7 Å². The van der Waals surface area contributed by atoms with E-state index in [1.54, 1.807) is 0 Å². The molecule has 1 saturated heterocycles. The zero-order chi connectivity index (χ0) is 36.7. The summed E-state index contributed by atoms with van der Waals surface area (Å²) < 4.78 is 106. The molecule has 0 aromatic heterocycles. The van der Waals surface area contributed by atoms with Crippen LogP contribution in [-0.2, 0) is 73.1 Å². The van der Waals surface area contributed by atoms with Gasteiger partial charge in [0.1, 0.15) is 18.8 Å². The van der Waals surface area contributed by atoms with Gasteiger partial charge in [0.2, 0.25) is 11.7 Å². The number of benzene rings is 1. The summed E-state index contributed by atoms with van der Waals surface area (Å²) in [6.07, 6.45) is -10.4. The van der Waals surface area contributed by atoms with Gasteiger partial charge in [-0.25, -0.2) is 26.7 Å². The Labute approximate surface area is 268 Å². The van der Waals surface area contributed by atoms with Gasteiger partial charge in [0.25, 0.3) is 0 Å². The van der Waals surface area contributed by atoms with Gasteiger partial charge in [-0.15, -0.1) is 0 Å². The van der Waals surface area contributed by atoms with Crippen LogP contribution in [0.25, 0.3) is 0 Å². The Morgan fingerprint density at radius 2 is 1.33 bits per heavy atom. The second kappa shape index (κ2) is 16.3. The standard InChI is InChI=1S/C28H30F5NO14/c1-10(35)43-9-17(45-12(3)37)25(46-13(4)38)26-24(34-18(40)7-15-19(29)21(31)23(33)22(32)20(15)30)16(44-11(2)36)8-28(48-26,27(41)42-6)47-14(5)39/h16-17,24-26H,7-9H2,1-6H3,(H,34,40)/t16-,17+,24+,25-,26?,28-/m0/s1. The molecule has 1 N–H and O–H groups in total. The van der Waals surface area contributed by atoms with Crippen molar-refractivity contribution in [2.45, 2.75) is 83.7 Å². The van der Waals surface area contributed by atoms with Gasteiger partial charge in [-0.05, 0) is 0 Å². The van der Waals surface area contributed by atoms with E-state index in [1.165, 1.54) is 0 Å². The van der Waals surface area contributed by atoms with E-state index in [-0.39, 0.29) is 0 Å². The highest BCUT2D eigenvalue weighted by molar-refractivity contribution is 5.82. The number of ether oxygens (including phenoxy) is 7. The van der Waals surface area contributed by atoms with Crippen LogP contribution in [0.15, 0.2) is 0 Å². The molecule has 0 aliphatic carbocycles. The number of amides is 1. The molecular formula is C28H30F5NO14. The monoisotopic (exact) mass is 699 g/mol. The van der Waals surface area contributed by atoms with Crippen molar-refractivity contribution >= 4 is 41.7 Å². The van der Waals surface area contributed by atoms with E-state index in [2.05, 4.69) is 5.32 Å². The summed E-state index contributed by atoms with van der Waals surface area (Å²) in [5.74, 6) is -23.2. The lowest BCUT2D eigenvalue weighted by atomic mass is 9.87. The fourth-order valence-corrected chi connectivity index (χ4v) is 4.70. The molecule has 15 nitrogen and oxygen atoms in total. The van der Waals surface area contributed by atoms with Crippen LogP contribution in [0.4, 0.5) is 22.0 Å². The first-order valence-corrected chi connectivity index (χ1v) is 13.6. The smallest absolute Gasteiger partial charge is 0.379 e. The molecule has 1 aliphatic heterocycles. The van der Waals surface area contributed by atoms with Crippen LogP contribution in [-0.4, -0.2) is 91.7 Å². The van der Waals surface area contributed by atoms with Crippen molar-refractivity contribution in [3.63, 3.8) is 0 Å². The highest BCUT2D eigenvalue weighted by atomic mass is 19.2. The van der Waals surface area contributed by atoms with E-state index in [9.17, 15) is 55.5 Å². The van der Waals surface area contributed by atoms with Crippen molar-refractivity contribution in [2.24, 2.45) is 0 Å². The molecule has 2 rings (SSSR count). The number of hydrogen-bond acceptors (Lipinski definition) is 14. The zero-order valence-corrected chi connectivity index (χ0v) is 26.1. The van der Waals surface area contributed by atoms with Gasteiger partial charge in [0.05, 0.1) is 26.0 Å². The summed E-state index contributed by atoms with van der Waals surface area (Å²) in [5, 5.41) is 2.11. The van der Waals surface area contributed by atoms with E-state index >= 15 is 0 Å². The zero-order valence-electron chi connectivity index (χ0n) is 26.1. The van der Waals surface area contributed by atoms with Gasteiger partial charge in [0.15, 0.2) is 35.5 Å². The summed E-state index contributed by atoms with van der Waals surface area (Å²) in [4.78, 5) is 86.5. The molecule has 1 aliphatic rings. The molecule has 1 fully saturated rings. The highest BCUT2D eigenvalue weighted by Gasteiger charge is 2.60. The maximum absolute atomic E-state index is 14.4. The van der Waals surface area contributed by atoms with Gasteiger partial charge < -0.3 is 38.5 Å². The van der Waals surface area contributed by atoms with Crippen molar-refractivity contribution in [1.82, 2.24) is 5.32 Å². The Morgan fingerprint density at radius 3 is 1.79 bits per heavy atom. The molecule has 0 radical (unpaired) electrons. The number of nitrogens with one attached hydrogen (secondary N) is 1. The normalized spacial score (nSPS) is 21.5. The van der Waals surface area contributed by atoms with Crippen LogP contribution in [0.5, 0.6) is 0 Å². The topological polar surface area (TPSA) is 196 Å². The Balaban J connectivity index is 2.82. The molecule has 1 unspecified atom stereocenters. The third-order valence-corrected chi connectivity index (χ3v) is 6.40. The summed E-state index contributed by atoms with van der Waals surface area (Å²) in [6.45, 7) is 3.48. The van der Waals surface area contributed by atoms with E-state index < -0.39 is 132 Å². The molecule has 20 heteroatoms. The van der Waals surface area contributed by atoms with Crippen LogP contribution in [0.1, 0.15) is 46.6 Å². The van der Waals surface area contributed by atoms with Crippen LogP contribution in [0.3, 0.4) is 0 Å². The van der Waals surface area contributed by atoms with Crippen LogP contribution < -0.4 is 5.32 Å². The number of carbonyl (C=O) groups excluding carboxylic acids is 7. The number of methoxy groups -OCH3 is 1. The molecule has 1 aromatic carbocycles. The van der Waals surface area contributed by atoms with Crippen molar-refractivity contribution < 1.29 is 88.7 Å². The molecule has 0 bridgehead atoms. The number of esters is 6. The molecular weight excluding hydrogens is 669 g/mol. The van der Waals surface area contributed by atoms with Gasteiger partial charge in [-0.1, -0.05) is 0 Å². The SMILES string of the molecule is COC(=O)[C@]1(OC(C)=O)C[C@H](OC(C)=O)[C@@H](NC(=O)Cc2c(F)c(F)c(F)c(F)c2F)C([C@@H](OC(C)=O)[C@@H](COC(C)=O)OC(C)=O)O1. The minimum Gasteiger partial charge on any atom is -0.464 e. The van der Waals surface area contributed by atoms with E-state index in [4.69, 9.17) is 33.2 Å². The van der Waals surface area contributed by atoms with Gasteiger partial charge in [-0.2, -0.15) is 0 Å². The van der Waals surface area contributed by atoms with Crippen molar-refractivity contribution in [3.8, 4) is 0 Å². The third-order valence-electron chi connectivity index (χ3n) is 6.40. The third kappa shape index (κ3) is 9.58. The lowest BCUT2D eigenvalue weighted by Crippen LogP contribution is -2.69. The summed E-state index contributed by atoms with van der Waals surface area (Å²) in [5.41, 5.74) is -1.57. The number of carbonyl (C=O) groups is 7. The van der Waals surface area contributed by atoms with Crippen LogP contribution in [0, 0.1) is 29.1 Å². The summed E-state index contributed by atoms with van der Waals surface area (Å²) in [7, 11) is 0.830.